The van der Waals surface area contributed by atoms with Crippen LogP contribution >= 0.6 is 11.3 Å². The van der Waals surface area contributed by atoms with Crippen LogP contribution < -0.4 is 4.72 Å². The summed E-state index contributed by atoms with van der Waals surface area (Å²) < 4.78 is 27.2. The highest BCUT2D eigenvalue weighted by Gasteiger charge is 2.24. The average molecular weight is 302 g/mol. The SMILES string of the molecule is CN(C)C1CCC(CNS(=O)(=O)c2cccs2)CC1. The van der Waals surface area contributed by atoms with Gasteiger partial charge in [-0.25, -0.2) is 13.1 Å². The van der Waals surface area contributed by atoms with E-state index in [9.17, 15) is 8.42 Å². The molecule has 0 aliphatic heterocycles. The minimum atomic E-state index is -3.29. The van der Waals surface area contributed by atoms with Crippen molar-refractivity contribution < 1.29 is 8.42 Å². The minimum absolute atomic E-state index is 0.412. The first-order chi connectivity index (χ1) is 8.99. The van der Waals surface area contributed by atoms with Gasteiger partial charge in [0.2, 0.25) is 10.0 Å². The topological polar surface area (TPSA) is 49.4 Å². The Morgan fingerprint density at radius 3 is 2.53 bits per heavy atom. The van der Waals surface area contributed by atoms with Crippen LogP contribution in [0.15, 0.2) is 21.7 Å². The maximum atomic E-state index is 12.0. The Bertz CT molecular complexity index is 475. The fourth-order valence-corrected chi connectivity index (χ4v) is 4.73. The molecule has 1 fully saturated rings. The number of hydrogen-bond donors (Lipinski definition) is 1. The van der Waals surface area contributed by atoms with Gasteiger partial charge in [-0.1, -0.05) is 6.07 Å². The zero-order chi connectivity index (χ0) is 13.9. The highest BCUT2D eigenvalue weighted by Crippen LogP contribution is 2.26. The highest BCUT2D eigenvalue weighted by atomic mass is 32.2. The third kappa shape index (κ3) is 4.02. The van der Waals surface area contributed by atoms with Gasteiger partial charge in [-0.3, -0.25) is 0 Å². The maximum absolute atomic E-state index is 12.0. The summed E-state index contributed by atoms with van der Waals surface area (Å²) in [6.07, 6.45) is 4.54. The fourth-order valence-electron chi connectivity index (χ4n) is 2.58. The van der Waals surface area contributed by atoms with E-state index in [2.05, 4.69) is 23.7 Å². The summed E-state index contributed by atoms with van der Waals surface area (Å²) in [6, 6.07) is 4.07. The van der Waals surface area contributed by atoms with Gasteiger partial charge in [0.1, 0.15) is 4.21 Å². The average Bonchev–Trinajstić information content (AvgIpc) is 2.91. The van der Waals surface area contributed by atoms with Crippen molar-refractivity contribution in [3.8, 4) is 0 Å². The molecule has 0 unspecified atom stereocenters. The quantitative estimate of drug-likeness (QED) is 0.906. The van der Waals surface area contributed by atoms with Crippen molar-refractivity contribution in [3.05, 3.63) is 17.5 Å². The van der Waals surface area contributed by atoms with E-state index in [0.29, 0.717) is 22.7 Å². The predicted molar refractivity (Wildman–Crippen MR) is 78.9 cm³/mol. The van der Waals surface area contributed by atoms with Gasteiger partial charge in [-0.05, 0) is 57.1 Å². The molecule has 1 aliphatic rings. The van der Waals surface area contributed by atoms with Gasteiger partial charge in [-0.2, -0.15) is 0 Å². The Balaban J connectivity index is 1.81. The van der Waals surface area contributed by atoms with Gasteiger partial charge in [0.25, 0.3) is 0 Å². The van der Waals surface area contributed by atoms with Gasteiger partial charge in [0.05, 0.1) is 0 Å². The number of nitrogens with one attached hydrogen (secondary N) is 1. The normalized spacial score (nSPS) is 24.8. The summed E-state index contributed by atoms with van der Waals surface area (Å²) in [5.41, 5.74) is 0. The fraction of sp³-hybridized carbons (Fsp3) is 0.692. The zero-order valence-electron chi connectivity index (χ0n) is 11.5. The monoisotopic (exact) mass is 302 g/mol. The number of rotatable bonds is 5. The number of thiophene rings is 1. The molecule has 2 rings (SSSR count). The second-order valence-electron chi connectivity index (χ2n) is 5.42. The van der Waals surface area contributed by atoms with E-state index in [-0.39, 0.29) is 0 Å². The van der Waals surface area contributed by atoms with Crippen molar-refractivity contribution in [2.75, 3.05) is 20.6 Å². The van der Waals surface area contributed by atoms with E-state index < -0.39 is 10.0 Å². The summed E-state index contributed by atoms with van der Waals surface area (Å²) >= 11 is 1.26. The van der Waals surface area contributed by atoms with Crippen LogP contribution in [-0.2, 0) is 10.0 Å². The molecule has 1 N–H and O–H groups in total. The van der Waals surface area contributed by atoms with Crippen molar-refractivity contribution in [1.82, 2.24) is 9.62 Å². The molecule has 108 valence electrons. The Morgan fingerprint density at radius 2 is 2.00 bits per heavy atom. The molecule has 1 aliphatic carbocycles. The molecule has 0 spiro atoms. The van der Waals surface area contributed by atoms with Crippen molar-refractivity contribution in [2.45, 2.75) is 35.9 Å². The van der Waals surface area contributed by atoms with Crippen molar-refractivity contribution in [2.24, 2.45) is 5.92 Å². The first-order valence-corrected chi connectivity index (χ1v) is 9.05. The lowest BCUT2D eigenvalue weighted by atomic mass is 9.86. The van der Waals surface area contributed by atoms with Crippen molar-refractivity contribution in [3.63, 3.8) is 0 Å². The van der Waals surface area contributed by atoms with Crippen LogP contribution in [0.1, 0.15) is 25.7 Å². The van der Waals surface area contributed by atoms with Crippen molar-refractivity contribution in [1.29, 1.82) is 0 Å². The first-order valence-electron chi connectivity index (χ1n) is 6.68. The lowest BCUT2D eigenvalue weighted by Crippen LogP contribution is -2.36. The number of sulfonamides is 1. The Morgan fingerprint density at radius 1 is 1.32 bits per heavy atom. The molecule has 0 radical (unpaired) electrons. The Labute approximate surface area is 119 Å². The van der Waals surface area contributed by atoms with Crippen LogP contribution in [0, 0.1) is 5.92 Å². The van der Waals surface area contributed by atoms with Crippen LogP contribution in [0.3, 0.4) is 0 Å². The second kappa shape index (κ2) is 6.35. The molecule has 19 heavy (non-hydrogen) atoms. The molecule has 0 amide bonds. The third-order valence-corrected chi connectivity index (χ3v) is 6.69. The lowest BCUT2D eigenvalue weighted by Gasteiger charge is -2.32. The molecular formula is C13H22N2O2S2. The zero-order valence-corrected chi connectivity index (χ0v) is 13.1. The maximum Gasteiger partial charge on any atom is 0.250 e. The molecule has 1 heterocycles. The summed E-state index contributed by atoms with van der Waals surface area (Å²) in [6.45, 7) is 0.570. The van der Waals surface area contributed by atoms with E-state index in [1.807, 2.05) is 0 Å². The van der Waals surface area contributed by atoms with E-state index in [0.717, 1.165) is 12.8 Å². The first kappa shape index (κ1) is 15.0. The van der Waals surface area contributed by atoms with Crippen LogP contribution in [0.2, 0.25) is 0 Å². The molecule has 1 saturated carbocycles. The summed E-state index contributed by atoms with van der Waals surface area (Å²) in [5, 5.41) is 1.79. The van der Waals surface area contributed by atoms with Crippen LogP contribution in [0.25, 0.3) is 0 Å². The predicted octanol–water partition coefficient (Wildman–Crippen LogP) is 2.15. The van der Waals surface area contributed by atoms with E-state index in [4.69, 9.17) is 0 Å². The Hall–Kier alpha value is -0.430. The molecule has 1 aromatic rings. The van der Waals surface area contributed by atoms with Gasteiger partial charge in [0.15, 0.2) is 0 Å². The number of hydrogen-bond acceptors (Lipinski definition) is 4. The van der Waals surface area contributed by atoms with Crippen LogP contribution in [0.5, 0.6) is 0 Å². The Kier molecular flexibility index (Phi) is 5.00. The summed E-state index contributed by atoms with van der Waals surface area (Å²) in [5.74, 6) is 0.478. The molecule has 4 nitrogen and oxygen atoms in total. The summed E-state index contributed by atoms with van der Waals surface area (Å²) in [7, 11) is 0.943. The van der Waals surface area contributed by atoms with E-state index in [1.54, 1.807) is 17.5 Å². The molecule has 1 aromatic heterocycles. The van der Waals surface area contributed by atoms with Gasteiger partial charge in [0, 0.05) is 12.6 Å². The highest BCUT2D eigenvalue weighted by molar-refractivity contribution is 7.91. The van der Waals surface area contributed by atoms with Gasteiger partial charge in [-0.15, -0.1) is 11.3 Å². The molecule has 0 aromatic carbocycles. The molecule has 0 atom stereocenters. The van der Waals surface area contributed by atoms with Crippen molar-refractivity contribution >= 4 is 21.4 Å². The standard InChI is InChI=1S/C13H22N2O2S2/c1-15(2)12-7-5-11(6-8-12)10-14-19(16,17)13-4-3-9-18-13/h3-4,9,11-12,14H,5-8,10H2,1-2H3. The van der Waals surface area contributed by atoms with Crippen LogP contribution in [-0.4, -0.2) is 40.0 Å². The van der Waals surface area contributed by atoms with Crippen LogP contribution in [0.4, 0.5) is 0 Å². The van der Waals surface area contributed by atoms with Gasteiger partial charge < -0.3 is 4.90 Å². The minimum Gasteiger partial charge on any atom is -0.306 e. The molecule has 6 heteroatoms. The molecule has 0 saturated heterocycles. The van der Waals surface area contributed by atoms with E-state index in [1.165, 1.54) is 24.2 Å². The number of nitrogens with zero attached hydrogens (tertiary/aromatic N) is 1. The summed E-state index contributed by atoms with van der Waals surface area (Å²) in [4.78, 5) is 2.27. The smallest absolute Gasteiger partial charge is 0.250 e. The second-order valence-corrected chi connectivity index (χ2v) is 8.36. The lowest BCUT2D eigenvalue weighted by molar-refractivity contribution is 0.194. The largest absolute Gasteiger partial charge is 0.306 e. The van der Waals surface area contributed by atoms with Gasteiger partial charge >= 0.3 is 0 Å². The third-order valence-electron chi connectivity index (χ3n) is 3.87. The molecular weight excluding hydrogens is 280 g/mol. The van der Waals surface area contributed by atoms with E-state index >= 15 is 0 Å². The molecule has 0 bridgehead atoms.